The van der Waals surface area contributed by atoms with E-state index in [2.05, 4.69) is 15.0 Å². The number of thiophene rings is 1. The van der Waals surface area contributed by atoms with Gasteiger partial charge in [-0.2, -0.15) is 15.0 Å². The van der Waals surface area contributed by atoms with E-state index >= 15 is 0 Å². The Morgan fingerprint density at radius 1 is 1.26 bits per heavy atom. The largest absolute Gasteiger partial charge is 0.453 e. The van der Waals surface area contributed by atoms with Gasteiger partial charge in [0, 0.05) is 10.1 Å². The maximum absolute atomic E-state index is 13.9. The molecule has 0 saturated heterocycles. The molecule has 0 aliphatic rings. The van der Waals surface area contributed by atoms with E-state index in [0.717, 1.165) is 0 Å². The number of anilines is 2. The predicted octanol–water partition coefficient (Wildman–Crippen LogP) is 2.06. The number of carbonyl (C=O) groups is 1. The summed E-state index contributed by atoms with van der Waals surface area (Å²) in [6, 6.07) is 4.70. The van der Waals surface area contributed by atoms with Gasteiger partial charge in [0.1, 0.15) is 10.7 Å². The molecule has 0 aliphatic carbocycles. The Morgan fingerprint density at radius 3 is 2.61 bits per heavy atom. The van der Waals surface area contributed by atoms with E-state index in [1.54, 1.807) is 19.1 Å². The number of esters is 1. The summed E-state index contributed by atoms with van der Waals surface area (Å²) in [4.78, 5) is 23.8. The molecule has 3 rings (SSSR count). The number of nitrogen functional groups attached to an aromatic ring is 2. The molecule has 0 aliphatic heterocycles. The first-order chi connectivity index (χ1) is 11.0. The number of aryl methyl sites for hydroxylation is 1. The minimum Gasteiger partial charge on any atom is -0.453 e. The molecule has 0 atom stereocenters. The van der Waals surface area contributed by atoms with E-state index in [1.165, 1.54) is 17.4 Å². The summed E-state index contributed by atoms with van der Waals surface area (Å²) in [6.07, 6.45) is 0. The third-order valence-corrected chi connectivity index (χ3v) is 4.37. The Bertz CT molecular complexity index is 891. The second-order valence-electron chi connectivity index (χ2n) is 4.71. The molecular formula is C14H12FN5O2S. The van der Waals surface area contributed by atoms with E-state index in [9.17, 15) is 9.18 Å². The average Bonchev–Trinajstić information content (AvgIpc) is 2.82. The SMILES string of the molecule is Cc1c(C(=O)OCc2nc(N)nc(N)n2)sc2cccc(F)c12. The van der Waals surface area contributed by atoms with Gasteiger partial charge in [-0.3, -0.25) is 0 Å². The lowest BCUT2D eigenvalue weighted by Gasteiger charge is -2.04. The first-order valence-electron chi connectivity index (χ1n) is 6.56. The Kier molecular flexibility index (Phi) is 3.78. The Labute approximate surface area is 134 Å². The zero-order chi connectivity index (χ0) is 16.6. The Morgan fingerprint density at radius 2 is 1.96 bits per heavy atom. The predicted molar refractivity (Wildman–Crippen MR) is 84.3 cm³/mol. The highest BCUT2D eigenvalue weighted by molar-refractivity contribution is 7.21. The number of nitrogens with zero attached hydrogens (tertiary/aromatic N) is 3. The molecule has 0 fully saturated rings. The topological polar surface area (TPSA) is 117 Å². The molecule has 0 bridgehead atoms. The van der Waals surface area contributed by atoms with Crippen molar-refractivity contribution in [2.45, 2.75) is 13.5 Å². The maximum Gasteiger partial charge on any atom is 0.349 e. The van der Waals surface area contributed by atoms with Crippen LogP contribution < -0.4 is 11.5 Å². The number of rotatable bonds is 3. The van der Waals surface area contributed by atoms with Crippen molar-refractivity contribution in [1.82, 2.24) is 15.0 Å². The number of aromatic nitrogens is 3. The molecule has 7 nitrogen and oxygen atoms in total. The van der Waals surface area contributed by atoms with Crippen molar-refractivity contribution in [3.63, 3.8) is 0 Å². The van der Waals surface area contributed by atoms with Crippen LogP contribution in [0.25, 0.3) is 10.1 Å². The van der Waals surface area contributed by atoms with Crippen molar-refractivity contribution >= 4 is 39.3 Å². The Hall–Kier alpha value is -2.81. The smallest absolute Gasteiger partial charge is 0.349 e. The standard InChI is InChI=1S/C14H12FN5O2S/c1-6-10-7(15)3-2-4-8(10)23-11(6)12(21)22-5-9-18-13(16)20-14(17)19-9/h2-4H,5H2,1H3,(H4,16,17,18,19,20). The van der Waals surface area contributed by atoms with Crippen LogP contribution in [0.3, 0.4) is 0 Å². The first kappa shape index (κ1) is 15.1. The number of hydrogen-bond acceptors (Lipinski definition) is 8. The fourth-order valence-corrected chi connectivity index (χ4v) is 3.28. The van der Waals surface area contributed by atoms with E-state index in [1.807, 2.05) is 0 Å². The third kappa shape index (κ3) is 2.90. The lowest BCUT2D eigenvalue weighted by Crippen LogP contribution is -2.11. The fraction of sp³-hybridized carbons (Fsp3) is 0.143. The lowest BCUT2D eigenvalue weighted by molar-refractivity contribution is 0.0467. The molecule has 118 valence electrons. The highest BCUT2D eigenvalue weighted by Gasteiger charge is 2.19. The minimum absolute atomic E-state index is 0.0522. The molecule has 2 heterocycles. The molecule has 2 aromatic heterocycles. The van der Waals surface area contributed by atoms with Gasteiger partial charge in [0.25, 0.3) is 0 Å². The van der Waals surface area contributed by atoms with Gasteiger partial charge in [-0.05, 0) is 24.6 Å². The van der Waals surface area contributed by atoms with Crippen LogP contribution in [0.5, 0.6) is 0 Å². The highest BCUT2D eigenvalue weighted by Crippen LogP contribution is 2.33. The number of fused-ring (bicyclic) bond motifs is 1. The van der Waals surface area contributed by atoms with Crippen molar-refractivity contribution in [3.05, 3.63) is 40.3 Å². The summed E-state index contributed by atoms with van der Waals surface area (Å²) in [5, 5.41) is 0.429. The van der Waals surface area contributed by atoms with E-state index in [0.29, 0.717) is 20.5 Å². The highest BCUT2D eigenvalue weighted by atomic mass is 32.1. The summed E-state index contributed by atoms with van der Waals surface area (Å²) in [6.45, 7) is 1.48. The molecule has 23 heavy (non-hydrogen) atoms. The van der Waals surface area contributed by atoms with Gasteiger partial charge >= 0.3 is 5.97 Å². The summed E-state index contributed by atoms with van der Waals surface area (Å²) in [5.41, 5.74) is 11.4. The van der Waals surface area contributed by atoms with Crippen LogP contribution in [-0.2, 0) is 11.3 Å². The number of benzene rings is 1. The minimum atomic E-state index is -0.583. The van der Waals surface area contributed by atoms with Gasteiger partial charge < -0.3 is 16.2 Å². The molecule has 0 spiro atoms. The van der Waals surface area contributed by atoms with E-state index < -0.39 is 5.97 Å². The van der Waals surface area contributed by atoms with Crippen molar-refractivity contribution in [2.75, 3.05) is 11.5 Å². The molecule has 4 N–H and O–H groups in total. The van der Waals surface area contributed by atoms with E-state index in [-0.39, 0.29) is 30.1 Å². The van der Waals surface area contributed by atoms with Crippen molar-refractivity contribution in [3.8, 4) is 0 Å². The summed E-state index contributed by atoms with van der Waals surface area (Å²) in [7, 11) is 0. The van der Waals surface area contributed by atoms with Gasteiger partial charge in [-0.1, -0.05) is 6.07 Å². The number of halogens is 1. The molecule has 0 unspecified atom stereocenters. The molecule has 9 heteroatoms. The van der Waals surface area contributed by atoms with E-state index in [4.69, 9.17) is 16.2 Å². The lowest BCUT2D eigenvalue weighted by atomic mass is 10.1. The average molecular weight is 333 g/mol. The van der Waals surface area contributed by atoms with Gasteiger partial charge in [0.15, 0.2) is 12.4 Å². The van der Waals surface area contributed by atoms with Crippen molar-refractivity contribution < 1.29 is 13.9 Å². The quantitative estimate of drug-likeness (QED) is 0.704. The van der Waals surface area contributed by atoms with Crippen LogP contribution in [-0.4, -0.2) is 20.9 Å². The van der Waals surface area contributed by atoms with Gasteiger partial charge in [0.2, 0.25) is 11.9 Å². The van der Waals surface area contributed by atoms with Gasteiger partial charge in [-0.15, -0.1) is 11.3 Å². The number of hydrogen-bond donors (Lipinski definition) is 2. The summed E-state index contributed by atoms with van der Waals surface area (Å²) in [5.74, 6) is -0.908. The third-order valence-electron chi connectivity index (χ3n) is 3.14. The van der Waals surface area contributed by atoms with Crippen LogP contribution in [0.2, 0.25) is 0 Å². The number of ether oxygens (including phenoxy) is 1. The molecule has 0 radical (unpaired) electrons. The maximum atomic E-state index is 13.9. The van der Waals surface area contributed by atoms with Gasteiger partial charge in [-0.25, -0.2) is 9.18 Å². The Balaban J connectivity index is 1.84. The van der Waals surface area contributed by atoms with Crippen LogP contribution in [0.4, 0.5) is 16.3 Å². The summed E-state index contributed by atoms with van der Waals surface area (Å²) < 4.78 is 19.7. The monoisotopic (exact) mass is 333 g/mol. The van der Waals surface area contributed by atoms with Crippen LogP contribution in [0.15, 0.2) is 18.2 Å². The molecule has 0 saturated carbocycles. The van der Waals surface area contributed by atoms with Crippen LogP contribution in [0, 0.1) is 12.7 Å². The fourth-order valence-electron chi connectivity index (χ4n) is 2.17. The first-order valence-corrected chi connectivity index (χ1v) is 7.38. The molecular weight excluding hydrogens is 321 g/mol. The van der Waals surface area contributed by atoms with Crippen molar-refractivity contribution in [1.29, 1.82) is 0 Å². The summed E-state index contributed by atoms with van der Waals surface area (Å²) >= 11 is 1.17. The normalized spacial score (nSPS) is 10.9. The zero-order valence-corrected chi connectivity index (χ0v) is 12.9. The van der Waals surface area contributed by atoms with Crippen LogP contribution >= 0.6 is 11.3 Å². The van der Waals surface area contributed by atoms with Crippen LogP contribution in [0.1, 0.15) is 21.1 Å². The van der Waals surface area contributed by atoms with Crippen molar-refractivity contribution in [2.24, 2.45) is 0 Å². The second-order valence-corrected chi connectivity index (χ2v) is 5.77. The molecule has 1 aromatic carbocycles. The number of carbonyl (C=O) groups excluding carboxylic acids is 1. The number of nitrogens with two attached hydrogens (primary N) is 2. The zero-order valence-electron chi connectivity index (χ0n) is 12.0. The van der Waals surface area contributed by atoms with Gasteiger partial charge in [0.05, 0.1) is 0 Å². The molecule has 3 aromatic rings. The second kappa shape index (κ2) is 5.76. The molecule has 0 amide bonds.